The number of hydrogen-bond acceptors (Lipinski definition) is 2. The van der Waals surface area contributed by atoms with Crippen LogP contribution in [0.4, 0.5) is 4.79 Å². The van der Waals surface area contributed by atoms with Crippen LogP contribution in [-0.4, -0.2) is 29.6 Å². The van der Waals surface area contributed by atoms with Crippen molar-refractivity contribution in [1.82, 2.24) is 10.2 Å². The molecule has 2 aromatic rings. The molecule has 1 aliphatic rings. The summed E-state index contributed by atoms with van der Waals surface area (Å²) in [6.45, 7) is 4.98. The number of benzene rings is 2. The number of amides is 2. The molecule has 28 heavy (non-hydrogen) atoms. The summed E-state index contributed by atoms with van der Waals surface area (Å²) in [7, 11) is 0. The summed E-state index contributed by atoms with van der Waals surface area (Å²) in [6, 6.07) is 17.9. The molecule has 1 saturated heterocycles. The Morgan fingerprint density at radius 1 is 1.32 bits per heavy atom. The van der Waals surface area contributed by atoms with Crippen molar-refractivity contribution in [2.75, 3.05) is 6.54 Å². The van der Waals surface area contributed by atoms with Crippen LogP contribution in [0, 0.1) is 11.3 Å². The minimum absolute atomic E-state index is 0.00291. The quantitative estimate of drug-likeness (QED) is 0.737. The maximum absolute atomic E-state index is 12.7. The average molecular weight is 396 g/mol. The lowest BCUT2D eigenvalue weighted by atomic mass is 9.86. The van der Waals surface area contributed by atoms with Crippen molar-refractivity contribution in [3.05, 3.63) is 70.2 Å². The molecule has 1 heterocycles. The molecular weight excluding hydrogens is 370 g/mol. The molecule has 3 atom stereocenters. The number of nitrogens with one attached hydrogen (secondary N) is 1. The molecule has 0 radical (unpaired) electrons. The first-order valence-electron chi connectivity index (χ1n) is 9.83. The lowest BCUT2D eigenvalue weighted by molar-refractivity contribution is 0.109. The van der Waals surface area contributed by atoms with Crippen LogP contribution < -0.4 is 5.32 Å². The van der Waals surface area contributed by atoms with Crippen LogP contribution in [0.25, 0.3) is 0 Å². The van der Waals surface area contributed by atoms with E-state index in [1.54, 1.807) is 6.07 Å². The molecule has 0 saturated carbocycles. The summed E-state index contributed by atoms with van der Waals surface area (Å²) in [5, 5.41) is 13.2. The molecule has 0 spiro atoms. The van der Waals surface area contributed by atoms with Gasteiger partial charge in [-0.3, -0.25) is 0 Å². The number of carbonyl (C=O) groups excluding carboxylic acids is 1. The molecule has 5 heteroatoms. The number of nitriles is 1. The predicted octanol–water partition coefficient (Wildman–Crippen LogP) is 5.12. The van der Waals surface area contributed by atoms with E-state index in [1.807, 2.05) is 54.3 Å². The van der Waals surface area contributed by atoms with Gasteiger partial charge in [0.05, 0.1) is 11.6 Å². The Kier molecular flexibility index (Phi) is 6.59. The largest absolute Gasteiger partial charge is 0.335 e. The van der Waals surface area contributed by atoms with Crippen LogP contribution in [0.15, 0.2) is 48.5 Å². The lowest BCUT2D eigenvalue weighted by Gasteiger charge is -2.41. The van der Waals surface area contributed by atoms with E-state index in [0.717, 1.165) is 36.9 Å². The number of halogens is 1. The van der Waals surface area contributed by atoms with E-state index in [2.05, 4.69) is 18.3 Å². The maximum Gasteiger partial charge on any atom is 0.317 e. The SMILES string of the molecule is CC[C@H]1CCN1C(=O)NC(C)C(Cc1ccc(Cl)cc1)c1cccc(C#N)c1. The van der Waals surface area contributed by atoms with E-state index in [0.29, 0.717) is 16.6 Å². The fraction of sp³-hybridized carbons (Fsp3) is 0.391. The van der Waals surface area contributed by atoms with Gasteiger partial charge in [0.1, 0.15) is 0 Å². The molecule has 0 aliphatic carbocycles. The Labute approximate surface area is 172 Å². The fourth-order valence-electron chi connectivity index (χ4n) is 3.81. The molecule has 1 N–H and O–H groups in total. The van der Waals surface area contributed by atoms with Gasteiger partial charge in [-0.15, -0.1) is 0 Å². The van der Waals surface area contributed by atoms with E-state index in [9.17, 15) is 10.1 Å². The average Bonchev–Trinajstić information content (AvgIpc) is 2.67. The molecule has 2 amide bonds. The topological polar surface area (TPSA) is 56.1 Å². The van der Waals surface area contributed by atoms with Gasteiger partial charge in [-0.25, -0.2) is 4.79 Å². The Morgan fingerprint density at radius 3 is 2.68 bits per heavy atom. The van der Waals surface area contributed by atoms with Crippen molar-refractivity contribution in [3.63, 3.8) is 0 Å². The summed E-state index contributed by atoms with van der Waals surface area (Å²) in [6.07, 6.45) is 2.82. The molecule has 0 bridgehead atoms. The molecule has 4 nitrogen and oxygen atoms in total. The zero-order valence-electron chi connectivity index (χ0n) is 16.4. The molecule has 1 aliphatic heterocycles. The zero-order chi connectivity index (χ0) is 20.1. The van der Waals surface area contributed by atoms with Gasteiger partial charge in [-0.05, 0) is 61.6 Å². The number of urea groups is 1. The first-order valence-corrected chi connectivity index (χ1v) is 10.2. The van der Waals surface area contributed by atoms with E-state index in [-0.39, 0.29) is 18.0 Å². The molecule has 0 aromatic heterocycles. The van der Waals surface area contributed by atoms with Crippen LogP contribution in [0.5, 0.6) is 0 Å². The van der Waals surface area contributed by atoms with E-state index < -0.39 is 0 Å². The Morgan fingerprint density at radius 2 is 2.07 bits per heavy atom. The molecule has 2 aromatic carbocycles. The maximum atomic E-state index is 12.7. The van der Waals surface area contributed by atoms with Crippen LogP contribution in [0.2, 0.25) is 5.02 Å². The highest BCUT2D eigenvalue weighted by molar-refractivity contribution is 6.30. The number of nitrogens with zero attached hydrogens (tertiary/aromatic N) is 2. The lowest BCUT2D eigenvalue weighted by Crippen LogP contribution is -2.56. The van der Waals surface area contributed by atoms with E-state index in [1.165, 1.54) is 0 Å². The number of rotatable bonds is 6. The van der Waals surface area contributed by atoms with Crippen molar-refractivity contribution in [2.24, 2.45) is 0 Å². The van der Waals surface area contributed by atoms with Gasteiger partial charge >= 0.3 is 6.03 Å². The molecule has 1 fully saturated rings. The summed E-state index contributed by atoms with van der Waals surface area (Å²) >= 11 is 6.02. The third kappa shape index (κ3) is 4.66. The molecule has 146 valence electrons. The van der Waals surface area contributed by atoms with Gasteiger partial charge in [0, 0.05) is 29.6 Å². The van der Waals surface area contributed by atoms with Gasteiger partial charge < -0.3 is 10.2 Å². The van der Waals surface area contributed by atoms with Crippen LogP contribution >= 0.6 is 11.6 Å². The van der Waals surface area contributed by atoms with Gasteiger partial charge in [0.2, 0.25) is 0 Å². The molecule has 3 rings (SSSR count). The Balaban J connectivity index is 1.81. The zero-order valence-corrected chi connectivity index (χ0v) is 17.1. The van der Waals surface area contributed by atoms with Crippen molar-refractivity contribution in [1.29, 1.82) is 5.26 Å². The minimum Gasteiger partial charge on any atom is -0.335 e. The number of hydrogen-bond donors (Lipinski definition) is 1. The summed E-state index contributed by atoms with van der Waals surface area (Å²) < 4.78 is 0. The smallest absolute Gasteiger partial charge is 0.317 e. The highest BCUT2D eigenvalue weighted by Crippen LogP contribution is 2.27. The van der Waals surface area contributed by atoms with Crippen molar-refractivity contribution in [3.8, 4) is 6.07 Å². The number of likely N-dealkylation sites (tertiary alicyclic amines) is 1. The normalized spacial score (nSPS) is 17.9. The first kappa shape index (κ1) is 20.2. The Hall–Kier alpha value is -2.51. The van der Waals surface area contributed by atoms with Crippen LogP contribution in [-0.2, 0) is 6.42 Å². The predicted molar refractivity (Wildman–Crippen MR) is 112 cm³/mol. The fourth-order valence-corrected chi connectivity index (χ4v) is 3.93. The van der Waals surface area contributed by atoms with Crippen LogP contribution in [0.3, 0.4) is 0 Å². The second-order valence-electron chi connectivity index (χ2n) is 7.46. The molecule has 2 unspecified atom stereocenters. The second kappa shape index (κ2) is 9.12. The van der Waals surface area contributed by atoms with Gasteiger partial charge in [0.25, 0.3) is 0 Å². The highest BCUT2D eigenvalue weighted by Gasteiger charge is 2.32. The van der Waals surface area contributed by atoms with Crippen molar-refractivity contribution >= 4 is 17.6 Å². The van der Waals surface area contributed by atoms with Gasteiger partial charge in [0.15, 0.2) is 0 Å². The van der Waals surface area contributed by atoms with Gasteiger partial charge in [-0.2, -0.15) is 5.26 Å². The minimum atomic E-state index is -0.0739. The van der Waals surface area contributed by atoms with Crippen molar-refractivity contribution < 1.29 is 4.79 Å². The van der Waals surface area contributed by atoms with Crippen molar-refractivity contribution in [2.45, 2.75) is 51.1 Å². The van der Waals surface area contributed by atoms with Crippen LogP contribution in [0.1, 0.15) is 49.3 Å². The highest BCUT2D eigenvalue weighted by atomic mass is 35.5. The third-order valence-electron chi connectivity index (χ3n) is 5.64. The Bertz CT molecular complexity index is 857. The summed E-state index contributed by atoms with van der Waals surface area (Å²) in [5.41, 5.74) is 2.83. The third-order valence-corrected chi connectivity index (χ3v) is 5.90. The monoisotopic (exact) mass is 395 g/mol. The molecular formula is C23H26ClN3O. The summed E-state index contributed by atoms with van der Waals surface area (Å²) in [5.74, 6) is 0.0554. The number of carbonyl (C=O) groups is 1. The standard InChI is InChI=1S/C23H26ClN3O/c1-3-21-11-12-27(21)23(28)26-16(2)22(14-17-7-9-20(24)10-8-17)19-6-4-5-18(13-19)15-25/h4-10,13,16,21-22H,3,11-12,14H2,1-2H3,(H,26,28)/t16?,21-,22?/m0/s1. The second-order valence-corrected chi connectivity index (χ2v) is 7.89. The van der Waals surface area contributed by atoms with E-state index in [4.69, 9.17) is 11.6 Å². The van der Waals surface area contributed by atoms with Gasteiger partial charge in [-0.1, -0.05) is 42.8 Å². The first-order chi connectivity index (χ1) is 13.5. The summed E-state index contributed by atoms with van der Waals surface area (Å²) in [4.78, 5) is 14.6. The van der Waals surface area contributed by atoms with E-state index >= 15 is 0 Å².